The lowest BCUT2D eigenvalue weighted by Gasteiger charge is -2.03. The van der Waals surface area contributed by atoms with Crippen LogP contribution in [0.1, 0.15) is 10.4 Å². The molecular formula is C9H9NO3S. The van der Waals surface area contributed by atoms with Gasteiger partial charge in [0.15, 0.2) is 0 Å². The van der Waals surface area contributed by atoms with Gasteiger partial charge in [-0.15, -0.1) is 0 Å². The van der Waals surface area contributed by atoms with E-state index in [1.54, 1.807) is 18.2 Å². The average Bonchev–Trinajstić information content (AvgIpc) is 2.16. The molecule has 0 aliphatic rings. The monoisotopic (exact) mass is 211 g/mol. The Morgan fingerprint density at radius 2 is 2.14 bits per heavy atom. The van der Waals surface area contributed by atoms with E-state index in [9.17, 15) is 9.59 Å². The maximum absolute atomic E-state index is 11.1. The van der Waals surface area contributed by atoms with E-state index in [-0.39, 0.29) is 0 Å². The van der Waals surface area contributed by atoms with Gasteiger partial charge in [0.25, 0.3) is 5.24 Å². The molecule has 0 bridgehead atoms. The first-order valence-corrected chi connectivity index (χ1v) is 4.26. The van der Waals surface area contributed by atoms with Gasteiger partial charge in [0.1, 0.15) is 0 Å². The summed E-state index contributed by atoms with van der Waals surface area (Å²) >= 11 is 3.55. The van der Waals surface area contributed by atoms with Crippen molar-refractivity contribution in [1.29, 1.82) is 0 Å². The lowest BCUT2D eigenvalue weighted by molar-refractivity contribution is 0.0601. The predicted molar refractivity (Wildman–Crippen MR) is 55.8 cm³/mol. The molecule has 74 valence electrons. The Labute approximate surface area is 86.7 Å². The normalized spacial score (nSPS) is 9.29. The quantitative estimate of drug-likeness (QED) is 0.580. The minimum atomic E-state index is -0.480. The van der Waals surface area contributed by atoms with Crippen LogP contribution in [0.4, 0.5) is 10.5 Å². The SMILES string of the molecule is COC(=O)c1cccc(NC(=O)S)c1. The number of anilines is 1. The number of hydrogen-bond acceptors (Lipinski definition) is 3. The highest BCUT2D eigenvalue weighted by Gasteiger charge is 2.05. The maximum Gasteiger partial charge on any atom is 0.337 e. The minimum absolute atomic E-state index is 0.382. The molecule has 0 spiro atoms. The highest BCUT2D eigenvalue weighted by atomic mass is 32.1. The molecule has 0 fully saturated rings. The third kappa shape index (κ3) is 2.77. The zero-order chi connectivity index (χ0) is 10.6. The lowest BCUT2D eigenvalue weighted by atomic mass is 10.2. The van der Waals surface area contributed by atoms with Gasteiger partial charge in [-0.2, -0.15) is 0 Å². The Balaban J connectivity index is 2.89. The molecule has 0 aromatic heterocycles. The number of thiol groups is 1. The topological polar surface area (TPSA) is 55.4 Å². The van der Waals surface area contributed by atoms with Gasteiger partial charge in [0.2, 0.25) is 0 Å². The molecule has 0 saturated carbocycles. The highest BCUT2D eigenvalue weighted by molar-refractivity contribution is 7.96. The van der Waals surface area contributed by atoms with Crippen LogP contribution >= 0.6 is 12.6 Å². The molecule has 5 heteroatoms. The zero-order valence-electron chi connectivity index (χ0n) is 7.48. The summed E-state index contributed by atoms with van der Waals surface area (Å²) in [5.41, 5.74) is 0.889. The summed E-state index contributed by atoms with van der Waals surface area (Å²) in [6.07, 6.45) is 0. The molecule has 0 saturated heterocycles. The molecule has 14 heavy (non-hydrogen) atoms. The van der Waals surface area contributed by atoms with Crippen molar-refractivity contribution >= 4 is 29.5 Å². The van der Waals surface area contributed by atoms with Crippen LogP contribution in [0.3, 0.4) is 0 Å². The van der Waals surface area contributed by atoms with Crippen LogP contribution in [0, 0.1) is 0 Å². The van der Waals surface area contributed by atoms with E-state index in [0.29, 0.717) is 11.3 Å². The second kappa shape index (κ2) is 4.66. The smallest absolute Gasteiger partial charge is 0.337 e. The predicted octanol–water partition coefficient (Wildman–Crippen LogP) is 1.93. The summed E-state index contributed by atoms with van der Waals surface area (Å²) in [6, 6.07) is 6.41. The van der Waals surface area contributed by atoms with Crippen LogP contribution in [0.15, 0.2) is 24.3 Å². The maximum atomic E-state index is 11.1. The van der Waals surface area contributed by atoms with Crippen molar-refractivity contribution in [2.45, 2.75) is 0 Å². The summed E-state index contributed by atoms with van der Waals surface area (Å²) in [7, 11) is 1.30. The van der Waals surface area contributed by atoms with E-state index < -0.39 is 11.2 Å². The number of ether oxygens (including phenoxy) is 1. The number of hydrogen-bond donors (Lipinski definition) is 2. The number of carbonyl (C=O) groups is 2. The van der Waals surface area contributed by atoms with Crippen LogP contribution in [-0.4, -0.2) is 18.3 Å². The average molecular weight is 211 g/mol. The molecular weight excluding hydrogens is 202 g/mol. The number of esters is 1. The van der Waals surface area contributed by atoms with Crippen molar-refractivity contribution in [3.05, 3.63) is 29.8 Å². The fourth-order valence-electron chi connectivity index (χ4n) is 0.965. The first kappa shape index (κ1) is 10.6. The number of benzene rings is 1. The summed E-state index contributed by atoms with van der Waals surface area (Å²) in [4.78, 5) is 21.7. The van der Waals surface area contributed by atoms with Crippen LogP contribution < -0.4 is 5.32 Å². The van der Waals surface area contributed by atoms with Crippen molar-refractivity contribution < 1.29 is 14.3 Å². The van der Waals surface area contributed by atoms with Crippen molar-refractivity contribution in [3.63, 3.8) is 0 Å². The molecule has 1 N–H and O–H groups in total. The summed E-state index contributed by atoms with van der Waals surface area (Å²) in [5.74, 6) is -0.444. The highest BCUT2D eigenvalue weighted by Crippen LogP contribution is 2.11. The third-order valence-electron chi connectivity index (χ3n) is 1.53. The van der Waals surface area contributed by atoms with Crippen LogP contribution in [0.5, 0.6) is 0 Å². The van der Waals surface area contributed by atoms with Gasteiger partial charge in [-0.1, -0.05) is 18.7 Å². The van der Waals surface area contributed by atoms with Crippen LogP contribution in [-0.2, 0) is 4.74 Å². The van der Waals surface area contributed by atoms with Gasteiger partial charge < -0.3 is 10.1 Å². The van der Waals surface area contributed by atoms with Gasteiger partial charge in [-0.25, -0.2) is 4.79 Å². The van der Waals surface area contributed by atoms with E-state index in [2.05, 4.69) is 22.7 Å². The molecule has 0 aliphatic carbocycles. The van der Waals surface area contributed by atoms with E-state index in [0.717, 1.165) is 0 Å². The number of rotatable bonds is 2. The van der Waals surface area contributed by atoms with Crippen molar-refractivity contribution in [2.24, 2.45) is 0 Å². The van der Waals surface area contributed by atoms with Gasteiger partial charge in [0, 0.05) is 5.69 Å². The first-order chi connectivity index (χ1) is 6.63. The number of methoxy groups -OCH3 is 1. The summed E-state index contributed by atoms with van der Waals surface area (Å²) < 4.78 is 4.53. The van der Waals surface area contributed by atoms with Gasteiger partial charge in [0.05, 0.1) is 12.7 Å². The molecule has 0 unspecified atom stereocenters. The van der Waals surface area contributed by atoms with Crippen molar-refractivity contribution in [3.8, 4) is 0 Å². The molecule has 1 aromatic carbocycles. The van der Waals surface area contributed by atoms with Crippen molar-refractivity contribution in [1.82, 2.24) is 0 Å². The fraction of sp³-hybridized carbons (Fsp3) is 0.111. The van der Waals surface area contributed by atoms with Gasteiger partial charge >= 0.3 is 5.97 Å². The number of nitrogens with one attached hydrogen (secondary N) is 1. The molecule has 4 nitrogen and oxygen atoms in total. The number of amides is 1. The number of carbonyl (C=O) groups excluding carboxylic acids is 2. The first-order valence-electron chi connectivity index (χ1n) is 3.82. The Morgan fingerprint density at radius 1 is 1.43 bits per heavy atom. The minimum Gasteiger partial charge on any atom is -0.465 e. The second-order valence-corrected chi connectivity index (χ2v) is 2.91. The largest absolute Gasteiger partial charge is 0.465 e. The second-order valence-electron chi connectivity index (χ2n) is 2.50. The molecule has 0 heterocycles. The van der Waals surface area contributed by atoms with Crippen LogP contribution in [0.2, 0.25) is 0 Å². The molecule has 0 aliphatic heterocycles. The Morgan fingerprint density at radius 3 is 2.71 bits per heavy atom. The van der Waals surface area contributed by atoms with Gasteiger partial charge in [-0.3, -0.25) is 4.79 Å². The molecule has 1 aromatic rings. The Bertz CT molecular complexity index is 365. The Hall–Kier alpha value is -1.49. The molecule has 1 rings (SSSR count). The summed E-state index contributed by atoms with van der Waals surface area (Å²) in [5, 5.41) is 1.96. The zero-order valence-corrected chi connectivity index (χ0v) is 8.38. The lowest BCUT2D eigenvalue weighted by Crippen LogP contribution is -2.04. The van der Waals surface area contributed by atoms with Gasteiger partial charge in [-0.05, 0) is 18.2 Å². The van der Waals surface area contributed by atoms with E-state index in [1.807, 2.05) is 0 Å². The van der Waals surface area contributed by atoms with Crippen LogP contribution in [0.25, 0.3) is 0 Å². The Kier molecular flexibility index (Phi) is 3.53. The third-order valence-corrected chi connectivity index (χ3v) is 1.65. The molecule has 0 radical (unpaired) electrons. The fourth-order valence-corrected chi connectivity index (χ4v) is 1.09. The molecule has 0 atom stereocenters. The standard InChI is InChI=1S/C9H9NO3S/c1-13-8(11)6-3-2-4-7(5-6)10-9(12)14/h2-5H,1H3,(H2,10,12,14). The van der Waals surface area contributed by atoms with E-state index in [1.165, 1.54) is 13.2 Å². The van der Waals surface area contributed by atoms with E-state index >= 15 is 0 Å². The summed E-state index contributed by atoms with van der Waals surface area (Å²) in [6.45, 7) is 0. The van der Waals surface area contributed by atoms with Crippen molar-refractivity contribution in [2.75, 3.05) is 12.4 Å². The molecule has 1 amide bonds. The van der Waals surface area contributed by atoms with E-state index in [4.69, 9.17) is 0 Å².